The van der Waals surface area contributed by atoms with Gasteiger partial charge in [0.1, 0.15) is 5.76 Å². The van der Waals surface area contributed by atoms with Gasteiger partial charge in [-0.05, 0) is 12.1 Å². The van der Waals surface area contributed by atoms with E-state index in [1.165, 1.54) is 0 Å². The molecule has 0 radical (unpaired) electrons. The molecule has 1 saturated heterocycles. The van der Waals surface area contributed by atoms with Gasteiger partial charge in [-0.1, -0.05) is 0 Å². The molecule has 3 amide bonds. The molecule has 0 saturated carbocycles. The van der Waals surface area contributed by atoms with Crippen LogP contribution in [-0.2, 0) is 11.3 Å². The normalized spacial score (nSPS) is 15.8. The average Bonchev–Trinajstić information content (AvgIpc) is 2.89. The monoisotopic (exact) mass is 237 g/mol. The van der Waals surface area contributed by atoms with E-state index in [0.29, 0.717) is 32.7 Å². The zero-order valence-corrected chi connectivity index (χ0v) is 9.46. The maximum atomic E-state index is 11.8. The summed E-state index contributed by atoms with van der Waals surface area (Å²) in [5.41, 5.74) is 0. The molecule has 0 unspecified atom stereocenters. The first-order valence-corrected chi connectivity index (χ1v) is 5.54. The van der Waals surface area contributed by atoms with Crippen molar-refractivity contribution < 1.29 is 14.0 Å². The SMILES string of the molecule is O=CN1CCN(C(=O)NCc2ccco2)CC1. The molecule has 92 valence electrons. The molecule has 1 aromatic rings. The second-order valence-corrected chi connectivity index (χ2v) is 3.87. The highest BCUT2D eigenvalue weighted by Gasteiger charge is 2.19. The molecular weight excluding hydrogens is 222 g/mol. The van der Waals surface area contributed by atoms with Crippen LogP contribution in [0.15, 0.2) is 22.8 Å². The zero-order chi connectivity index (χ0) is 12.1. The van der Waals surface area contributed by atoms with E-state index in [2.05, 4.69) is 5.32 Å². The van der Waals surface area contributed by atoms with Gasteiger partial charge < -0.3 is 19.5 Å². The molecule has 6 heteroatoms. The van der Waals surface area contributed by atoms with Crippen LogP contribution >= 0.6 is 0 Å². The number of carbonyl (C=O) groups excluding carboxylic acids is 2. The number of piperazine rings is 1. The molecule has 2 rings (SSSR count). The van der Waals surface area contributed by atoms with Crippen molar-refractivity contribution in [1.29, 1.82) is 0 Å². The molecule has 17 heavy (non-hydrogen) atoms. The fraction of sp³-hybridized carbons (Fsp3) is 0.455. The molecule has 0 spiro atoms. The number of hydrogen-bond donors (Lipinski definition) is 1. The second-order valence-electron chi connectivity index (χ2n) is 3.87. The molecule has 1 aromatic heterocycles. The van der Waals surface area contributed by atoms with Crippen LogP contribution in [0, 0.1) is 0 Å². The second kappa shape index (κ2) is 5.38. The minimum Gasteiger partial charge on any atom is -0.467 e. The van der Waals surface area contributed by atoms with Gasteiger partial charge in [0, 0.05) is 26.2 Å². The Kier molecular flexibility index (Phi) is 3.64. The lowest BCUT2D eigenvalue weighted by molar-refractivity contribution is -0.119. The van der Waals surface area contributed by atoms with Gasteiger partial charge in [0.15, 0.2) is 0 Å². The number of rotatable bonds is 3. The van der Waals surface area contributed by atoms with Crippen LogP contribution in [0.25, 0.3) is 0 Å². The predicted octanol–water partition coefficient (Wildman–Crippen LogP) is 0.263. The first-order chi connectivity index (χ1) is 8.29. The Balaban J connectivity index is 1.75. The van der Waals surface area contributed by atoms with E-state index in [-0.39, 0.29) is 6.03 Å². The summed E-state index contributed by atoms with van der Waals surface area (Å²) >= 11 is 0. The van der Waals surface area contributed by atoms with Crippen molar-refractivity contribution in [1.82, 2.24) is 15.1 Å². The molecule has 2 heterocycles. The maximum Gasteiger partial charge on any atom is 0.317 e. The minimum absolute atomic E-state index is 0.119. The quantitative estimate of drug-likeness (QED) is 0.767. The van der Waals surface area contributed by atoms with Crippen molar-refractivity contribution >= 4 is 12.4 Å². The molecule has 1 aliphatic rings. The van der Waals surface area contributed by atoms with E-state index in [1.807, 2.05) is 6.07 Å². The third-order valence-corrected chi connectivity index (χ3v) is 2.74. The number of urea groups is 1. The van der Waals surface area contributed by atoms with Gasteiger partial charge in [-0.3, -0.25) is 4.79 Å². The molecule has 1 aliphatic heterocycles. The Morgan fingerprint density at radius 2 is 2.18 bits per heavy atom. The lowest BCUT2D eigenvalue weighted by Gasteiger charge is -2.32. The number of amides is 3. The van der Waals surface area contributed by atoms with Crippen molar-refractivity contribution in [3.05, 3.63) is 24.2 Å². The third-order valence-electron chi connectivity index (χ3n) is 2.74. The molecule has 0 aliphatic carbocycles. The fourth-order valence-corrected chi connectivity index (χ4v) is 1.72. The highest BCUT2D eigenvalue weighted by molar-refractivity contribution is 5.74. The maximum absolute atomic E-state index is 11.8. The highest BCUT2D eigenvalue weighted by Crippen LogP contribution is 2.02. The number of nitrogens with zero attached hydrogens (tertiary/aromatic N) is 2. The van der Waals surface area contributed by atoms with Gasteiger partial charge in [-0.15, -0.1) is 0 Å². The van der Waals surface area contributed by atoms with E-state index >= 15 is 0 Å². The lowest BCUT2D eigenvalue weighted by atomic mass is 10.3. The average molecular weight is 237 g/mol. The largest absolute Gasteiger partial charge is 0.467 e. The van der Waals surface area contributed by atoms with Gasteiger partial charge in [-0.25, -0.2) is 4.79 Å². The Morgan fingerprint density at radius 1 is 1.41 bits per heavy atom. The Bertz CT molecular complexity index is 369. The number of carbonyl (C=O) groups is 2. The van der Waals surface area contributed by atoms with E-state index in [1.54, 1.807) is 22.1 Å². The van der Waals surface area contributed by atoms with Crippen molar-refractivity contribution in [2.45, 2.75) is 6.54 Å². The van der Waals surface area contributed by atoms with Crippen LogP contribution in [0.3, 0.4) is 0 Å². The number of hydrogen-bond acceptors (Lipinski definition) is 3. The van der Waals surface area contributed by atoms with Gasteiger partial charge in [0.05, 0.1) is 12.8 Å². The van der Waals surface area contributed by atoms with E-state index in [9.17, 15) is 9.59 Å². The summed E-state index contributed by atoms with van der Waals surface area (Å²) in [5.74, 6) is 0.727. The smallest absolute Gasteiger partial charge is 0.317 e. The van der Waals surface area contributed by atoms with Gasteiger partial charge in [-0.2, -0.15) is 0 Å². The first kappa shape index (κ1) is 11.5. The van der Waals surface area contributed by atoms with Crippen molar-refractivity contribution in [2.24, 2.45) is 0 Å². The molecule has 0 bridgehead atoms. The van der Waals surface area contributed by atoms with Crippen LogP contribution in [0.1, 0.15) is 5.76 Å². The number of nitrogens with one attached hydrogen (secondary N) is 1. The zero-order valence-electron chi connectivity index (χ0n) is 9.46. The summed E-state index contributed by atoms with van der Waals surface area (Å²) in [7, 11) is 0. The van der Waals surface area contributed by atoms with Gasteiger partial charge in [0.25, 0.3) is 0 Å². The molecule has 1 fully saturated rings. The van der Waals surface area contributed by atoms with Crippen LogP contribution < -0.4 is 5.32 Å². The summed E-state index contributed by atoms with van der Waals surface area (Å²) in [5, 5.41) is 2.77. The molecular formula is C11H15N3O3. The summed E-state index contributed by atoms with van der Waals surface area (Å²) in [6, 6.07) is 3.47. The van der Waals surface area contributed by atoms with Crippen LogP contribution in [0.2, 0.25) is 0 Å². The molecule has 0 atom stereocenters. The molecule has 1 N–H and O–H groups in total. The van der Waals surface area contributed by atoms with E-state index in [4.69, 9.17) is 4.42 Å². The Labute approximate surface area is 99.2 Å². The summed E-state index contributed by atoms with van der Waals surface area (Å²) < 4.78 is 5.12. The summed E-state index contributed by atoms with van der Waals surface area (Å²) in [6.07, 6.45) is 2.39. The molecule has 0 aromatic carbocycles. The minimum atomic E-state index is -0.119. The van der Waals surface area contributed by atoms with E-state index in [0.717, 1.165) is 12.2 Å². The van der Waals surface area contributed by atoms with Crippen molar-refractivity contribution in [3.63, 3.8) is 0 Å². The van der Waals surface area contributed by atoms with Gasteiger partial charge >= 0.3 is 6.03 Å². The Morgan fingerprint density at radius 3 is 2.76 bits per heavy atom. The lowest BCUT2D eigenvalue weighted by Crippen LogP contribution is -2.51. The van der Waals surface area contributed by atoms with E-state index < -0.39 is 0 Å². The highest BCUT2D eigenvalue weighted by atomic mass is 16.3. The fourth-order valence-electron chi connectivity index (χ4n) is 1.72. The standard InChI is InChI=1S/C11H15N3O3/c15-9-13-3-5-14(6-4-13)11(16)12-8-10-2-1-7-17-10/h1-2,7,9H,3-6,8H2,(H,12,16). The topological polar surface area (TPSA) is 65.8 Å². The van der Waals surface area contributed by atoms with Crippen molar-refractivity contribution in [2.75, 3.05) is 26.2 Å². The summed E-state index contributed by atoms with van der Waals surface area (Å²) in [6.45, 7) is 2.72. The summed E-state index contributed by atoms with van der Waals surface area (Å²) in [4.78, 5) is 25.6. The third kappa shape index (κ3) is 2.99. The van der Waals surface area contributed by atoms with Crippen LogP contribution in [0.4, 0.5) is 4.79 Å². The Hall–Kier alpha value is -1.98. The first-order valence-electron chi connectivity index (χ1n) is 5.54. The molecule has 6 nitrogen and oxygen atoms in total. The van der Waals surface area contributed by atoms with Gasteiger partial charge in [0.2, 0.25) is 6.41 Å². The van der Waals surface area contributed by atoms with Crippen molar-refractivity contribution in [3.8, 4) is 0 Å². The number of furan rings is 1. The van der Waals surface area contributed by atoms with Crippen LogP contribution in [0.5, 0.6) is 0 Å². The predicted molar refractivity (Wildman–Crippen MR) is 60.2 cm³/mol. The van der Waals surface area contributed by atoms with Crippen LogP contribution in [-0.4, -0.2) is 48.4 Å².